The molecule has 2 rings (SSSR count). The lowest BCUT2D eigenvalue weighted by atomic mass is 10.1. The van der Waals surface area contributed by atoms with Crippen LogP contribution in [-0.2, 0) is 14.8 Å². The van der Waals surface area contributed by atoms with Gasteiger partial charge in [0.15, 0.2) is 0 Å². The third-order valence-corrected chi connectivity index (χ3v) is 6.12. The summed E-state index contributed by atoms with van der Waals surface area (Å²) in [6.07, 6.45) is 0. The number of hydrogen-bond donors (Lipinski definition) is 1. The van der Waals surface area contributed by atoms with Crippen LogP contribution in [0.15, 0.2) is 41.3 Å². The molecule has 0 aliphatic heterocycles. The molecule has 0 spiro atoms. The van der Waals surface area contributed by atoms with Gasteiger partial charge in [-0.2, -0.15) is 4.31 Å². The smallest absolute Gasteiger partial charge is 0.247 e. The lowest BCUT2D eigenvalue weighted by Gasteiger charge is -2.19. The number of amides is 1. The molecule has 1 N–H and O–H groups in total. The van der Waals surface area contributed by atoms with Gasteiger partial charge in [0.1, 0.15) is 10.6 Å². The third kappa shape index (κ3) is 4.35. The average Bonchev–Trinajstić information content (AvgIpc) is 2.58. The molecule has 2 aromatic rings. The molecule has 0 atom stereocenters. The number of ether oxygens (including phenoxy) is 1. The SMILES string of the molecule is COc1ccc(Cl)cc1S(=O)(=O)N(C)CC(=O)Nc1cccc(C)c1C. The van der Waals surface area contributed by atoms with Gasteiger partial charge in [-0.05, 0) is 49.2 Å². The number of sulfonamides is 1. The van der Waals surface area contributed by atoms with Crippen LogP contribution >= 0.6 is 11.6 Å². The normalized spacial score (nSPS) is 11.5. The number of rotatable bonds is 6. The number of benzene rings is 2. The van der Waals surface area contributed by atoms with Crippen LogP contribution < -0.4 is 10.1 Å². The molecule has 0 saturated carbocycles. The number of aryl methyl sites for hydroxylation is 1. The Morgan fingerprint density at radius 2 is 1.92 bits per heavy atom. The number of halogens is 1. The van der Waals surface area contributed by atoms with Crippen LogP contribution in [0.3, 0.4) is 0 Å². The zero-order valence-corrected chi connectivity index (χ0v) is 16.6. The second kappa shape index (κ2) is 8.07. The van der Waals surface area contributed by atoms with Gasteiger partial charge in [-0.1, -0.05) is 23.7 Å². The third-order valence-electron chi connectivity index (χ3n) is 4.06. The maximum atomic E-state index is 12.8. The molecule has 0 bridgehead atoms. The van der Waals surface area contributed by atoms with Gasteiger partial charge in [0.25, 0.3) is 0 Å². The van der Waals surface area contributed by atoms with E-state index in [1.807, 2.05) is 26.0 Å². The summed E-state index contributed by atoms with van der Waals surface area (Å²) in [4.78, 5) is 12.2. The Morgan fingerprint density at radius 1 is 1.23 bits per heavy atom. The molecule has 0 aliphatic rings. The van der Waals surface area contributed by atoms with E-state index in [9.17, 15) is 13.2 Å². The van der Waals surface area contributed by atoms with Crippen LogP contribution in [-0.4, -0.2) is 39.3 Å². The molecular formula is C18H21ClN2O4S. The molecule has 0 unspecified atom stereocenters. The zero-order valence-electron chi connectivity index (χ0n) is 15.0. The van der Waals surface area contributed by atoms with E-state index in [4.69, 9.17) is 16.3 Å². The van der Waals surface area contributed by atoms with Gasteiger partial charge in [0, 0.05) is 17.8 Å². The van der Waals surface area contributed by atoms with Crippen molar-refractivity contribution < 1.29 is 17.9 Å². The predicted octanol–water partition coefficient (Wildman–Crippen LogP) is 3.22. The molecule has 2 aromatic carbocycles. The summed E-state index contributed by atoms with van der Waals surface area (Å²) in [5, 5.41) is 3.00. The van der Waals surface area contributed by atoms with Gasteiger partial charge >= 0.3 is 0 Å². The first-order valence-corrected chi connectivity index (χ1v) is 9.64. The summed E-state index contributed by atoms with van der Waals surface area (Å²) in [6.45, 7) is 3.49. The van der Waals surface area contributed by atoms with Crippen molar-refractivity contribution in [1.82, 2.24) is 4.31 Å². The zero-order chi connectivity index (χ0) is 19.5. The van der Waals surface area contributed by atoms with Crippen molar-refractivity contribution in [3.05, 3.63) is 52.5 Å². The Labute approximate surface area is 158 Å². The van der Waals surface area contributed by atoms with Gasteiger partial charge in [0.05, 0.1) is 13.7 Å². The van der Waals surface area contributed by atoms with E-state index in [0.29, 0.717) is 5.69 Å². The van der Waals surface area contributed by atoms with Crippen LogP contribution in [0, 0.1) is 13.8 Å². The maximum absolute atomic E-state index is 12.8. The van der Waals surface area contributed by atoms with Crippen molar-refractivity contribution in [3.8, 4) is 5.75 Å². The Kier molecular flexibility index (Phi) is 6.28. The van der Waals surface area contributed by atoms with E-state index in [1.165, 1.54) is 32.4 Å². The molecule has 0 radical (unpaired) electrons. The number of anilines is 1. The van der Waals surface area contributed by atoms with Crippen LogP contribution in [0.4, 0.5) is 5.69 Å². The summed E-state index contributed by atoms with van der Waals surface area (Å²) in [5.74, 6) is -0.276. The molecule has 0 aromatic heterocycles. The number of likely N-dealkylation sites (N-methyl/N-ethyl adjacent to an activating group) is 1. The second-order valence-corrected chi connectivity index (χ2v) is 8.30. The van der Waals surface area contributed by atoms with E-state index in [1.54, 1.807) is 6.07 Å². The highest BCUT2D eigenvalue weighted by atomic mass is 35.5. The molecule has 0 heterocycles. The van der Waals surface area contributed by atoms with Gasteiger partial charge in [-0.25, -0.2) is 8.42 Å². The standard InChI is InChI=1S/C18H21ClN2O4S/c1-12-6-5-7-15(13(12)2)20-18(22)11-21(3)26(23,24)17-10-14(19)8-9-16(17)25-4/h5-10H,11H2,1-4H3,(H,20,22). The molecule has 0 aliphatic carbocycles. The number of carbonyl (C=O) groups is 1. The second-order valence-electron chi connectivity index (χ2n) is 5.85. The first-order chi connectivity index (χ1) is 12.2. The van der Waals surface area contributed by atoms with E-state index in [0.717, 1.165) is 15.4 Å². The Bertz CT molecular complexity index is 929. The minimum absolute atomic E-state index is 0.0884. The van der Waals surface area contributed by atoms with E-state index in [2.05, 4.69) is 5.32 Å². The van der Waals surface area contributed by atoms with Crippen LogP contribution in [0.2, 0.25) is 5.02 Å². The largest absolute Gasteiger partial charge is 0.495 e. The summed E-state index contributed by atoms with van der Waals surface area (Å²) >= 11 is 5.91. The number of nitrogens with zero attached hydrogens (tertiary/aromatic N) is 1. The monoisotopic (exact) mass is 396 g/mol. The maximum Gasteiger partial charge on any atom is 0.247 e. The Morgan fingerprint density at radius 3 is 2.58 bits per heavy atom. The van der Waals surface area contributed by atoms with E-state index >= 15 is 0 Å². The van der Waals surface area contributed by atoms with Crippen LogP contribution in [0.5, 0.6) is 5.75 Å². The molecule has 140 valence electrons. The first-order valence-electron chi connectivity index (χ1n) is 7.82. The summed E-state index contributed by atoms with van der Waals surface area (Å²) in [7, 11) is -1.24. The van der Waals surface area contributed by atoms with Crippen molar-refractivity contribution in [2.45, 2.75) is 18.7 Å². The molecule has 26 heavy (non-hydrogen) atoms. The van der Waals surface area contributed by atoms with Gasteiger partial charge < -0.3 is 10.1 Å². The fraction of sp³-hybridized carbons (Fsp3) is 0.278. The molecular weight excluding hydrogens is 376 g/mol. The topological polar surface area (TPSA) is 75.7 Å². The number of carbonyl (C=O) groups excluding carboxylic acids is 1. The van der Waals surface area contributed by atoms with Crippen molar-refractivity contribution in [2.24, 2.45) is 0 Å². The molecule has 0 fully saturated rings. The quantitative estimate of drug-likeness (QED) is 0.813. The summed E-state index contributed by atoms with van der Waals surface area (Å²) < 4.78 is 31.6. The van der Waals surface area contributed by atoms with Gasteiger partial charge in [0.2, 0.25) is 15.9 Å². The Balaban J connectivity index is 2.20. The number of hydrogen-bond acceptors (Lipinski definition) is 4. The summed E-state index contributed by atoms with van der Waals surface area (Å²) in [5.41, 5.74) is 2.62. The fourth-order valence-electron chi connectivity index (χ4n) is 2.38. The van der Waals surface area contributed by atoms with Crippen molar-refractivity contribution in [3.63, 3.8) is 0 Å². The fourth-order valence-corrected chi connectivity index (χ4v) is 3.92. The highest BCUT2D eigenvalue weighted by molar-refractivity contribution is 7.89. The highest BCUT2D eigenvalue weighted by Gasteiger charge is 2.27. The van der Waals surface area contributed by atoms with Gasteiger partial charge in [-0.15, -0.1) is 0 Å². The lowest BCUT2D eigenvalue weighted by Crippen LogP contribution is -2.35. The number of nitrogens with one attached hydrogen (secondary N) is 1. The van der Waals surface area contributed by atoms with E-state index < -0.39 is 15.9 Å². The average molecular weight is 397 g/mol. The highest BCUT2D eigenvalue weighted by Crippen LogP contribution is 2.29. The van der Waals surface area contributed by atoms with E-state index in [-0.39, 0.29) is 22.2 Å². The minimum atomic E-state index is -3.95. The van der Waals surface area contributed by atoms with Crippen molar-refractivity contribution >= 4 is 33.2 Å². The lowest BCUT2D eigenvalue weighted by molar-refractivity contribution is -0.116. The van der Waals surface area contributed by atoms with Crippen LogP contribution in [0.25, 0.3) is 0 Å². The summed E-state index contributed by atoms with van der Waals surface area (Å²) in [6, 6.07) is 9.84. The molecule has 6 nitrogen and oxygen atoms in total. The molecule has 8 heteroatoms. The minimum Gasteiger partial charge on any atom is -0.495 e. The first kappa shape index (κ1) is 20.2. The van der Waals surface area contributed by atoms with Gasteiger partial charge in [-0.3, -0.25) is 4.79 Å². The number of methoxy groups -OCH3 is 1. The van der Waals surface area contributed by atoms with Crippen molar-refractivity contribution in [1.29, 1.82) is 0 Å². The van der Waals surface area contributed by atoms with Crippen molar-refractivity contribution in [2.75, 3.05) is 26.0 Å². The molecule has 0 saturated heterocycles. The Hall–Kier alpha value is -2.09. The van der Waals surface area contributed by atoms with Crippen LogP contribution in [0.1, 0.15) is 11.1 Å². The predicted molar refractivity (Wildman–Crippen MR) is 102 cm³/mol. The molecule has 1 amide bonds.